The molecule has 2 unspecified atom stereocenters. The van der Waals surface area contributed by atoms with Gasteiger partial charge >= 0.3 is 6.18 Å². The van der Waals surface area contributed by atoms with E-state index in [0.717, 1.165) is 12.2 Å². The average molecular weight is 524 g/mol. The van der Waals surface area contributed by atoms with Crippen LogP contribution in [0.25, 0.3) is 0 Å². The maximum Gasteiger partial charge on any atom is 0.402 e. The van der Waals surface area contributed by atoms with Crippen LogP contribution in [0.15, 0.2) is 18.3 Å². The van der Waals surface area contributed by atoms with Crippen LogP contribution in [0.4, 0.5) is 19.0 Å². The molecular formula is C24H32F3N7O3. The van der Waals surface area contributed by atoms with E-state index in [1.165, 1.54) is 6.20 Å². The Bertz CT molecular complexity index is 993. The summed E-state index contributed by atoms with van der Waals surface area (Å²) in [5, 5.41) is 8.91. The Hall–Kier alpha value is -2.95. The lowest BCUT2D eigenvalue weighted by molar-refractivity contribution is -0.201. The molecule has 1 aromatic heterocycles. The molecule has 3 fully saturated rings. The first-order valence-electron chi connectivity index (χ1n) is 12.5. The van der Waals surface area contributed by atoms with Gasteiger partial charge < -0.3 is 14.5 Å². The molecule has 13 heteroatoms. The molecule has 0 aliphatic carbocycles. The average Bonchev–Trinajstić information content (AvgIpc) is 3.36. The van der Waals surface area contributed by atoms with Gasteiger partial charge in [0.1, 0.15) is 11.9 Å². The number of nitrogens with one attached hydrogen (secondary N) is 2. The van der Waals surface area contributed by atoms with Crippen molar-refractivity contribution in [3.63, 3.8) is 0 Å². The van der Waals surface area contributed by atoms with Crippen LogP contribution in [0.2, 0.25) is 0 Å². The molecule has 3 aliphatic heterocycles. The monoisotopic (exact) mass is 523 g/mol. The molecule has 0 spiro atoms. The number of likely N-dealkylation sites (tertiary alicyclic amines) is 1. The second kappa shape index (κ2) is 11.6. The fraction of sp³-hybridized carbons (Fsp3) is 0.667. The Kier molecular flexibility index (Phi) is 8.51. The zero-order valence-electron chi connectivity index (χ0n) is 20.7. The summed E-state index contributed by atoms with van der Waals surface area (Å²) in [6.45, 7) is 4.97. The Morgan fingerprint density at radius 2 is 2.03 bits per heavy atom. The number of amides is 2. The van der Waals surface area contributed by atoms with E-state index in [1.54, 1.807) is 28.9 Å². The number of carbonyl (C=O) groups excluding carboxylic acids is 2. The van der Waals surface area contributed by atoms with Gasteiger partial charge in [0, 0.05) is 51.0 Å². The van der Waals surface area contributed by atoms with Crippen molar-refractivity contribution in [2.45, 2.75) is 38.0 Å². The third-order valence-electron chi connectivity index (χ3n) is 7.28. The first-order chi connectivity index (χ1) is 17.7. The number of hydrogen-bond acceptors (Lipinski definition) is 8. The molecule has 37 heavy (non-hydrogen) atoms. The number of halogens is 3. The topological polar surface area (TPSA) is 114 Å². The molecule has 0 radical (unpaired) electrons. The normalized spacial score (nSPS) is 26.0. The number of rotatable bonds is 7. The van der Waals surface area contributed by atoms with Crippen molar-refractivity contribution in [2.24, 2.45) is 11.8 Å². The third kappa shape index (κ3) is 6.31. The fourth-order valence-corrected chi connectivity index (χ4v) is 5.32. The van der Waals surface area contributed by atoms with Gasteiger partial charge in [-0.15, -0.1) is 0 Å². The number of ether oxygens (including phenoxy) is 1. The van der Waals surface area contributed by atoms with Crippen molar-refractivity contribution >= 4 is 17.6 Å². The molecule has 1 aromatic rings. The van der Waals surface area contributed by atoms with Crippen LogP contribution in [-0.4, -0.2) is 97.3 Å². The van der Waals surface area contributed by atoms with Gasteiger partial charge in [0.25, 0.3) is 0 Å². The summed E-state index contributed by atoms with van der Waals surface area (Å²) in [6, 6.07) is 4.32. The highest BCUT2D eigenvalue weighted by Gasteiger charge is 2.54. The zero-order valence-corrected chi connectivity index (χ0v) is 20.7. The van der Waals surface area contributed by atoms with E-state index in [4.69, 9.17) is 10.00 Å². The number of carbonyl (C=O) groups is 2. The lowest BCUT2D eigenvalue weighted by Crippen LogP contribution is -2.65. The lowest BCUT2D eigenvalue weighted by atomic mass is 9.94. The van der Waals surface area contributed by atoms with Crippen LogP contribution in [0.3, 0.4) is 0 Å². The molecule has 3 aliphatic rings. The second-order valence-electron chi connectivity index (χ2n) is 9.76. The van der Waals surface area contributed by atoms with E-state index in [9.17, 15) is 22.8 Å². The Morgan fingerprint density at radius 3 is 2.68 bits per heavy atom. The van der Waals surface area contributed by atoms with Crippen molar-refractivity contribution < 1.29 is 27.5 Å². The first kappa shape index (κ1) is 27.1. The summed E-state index contributed by atoms with van der Waals surface area (Å²) in [7, 11) is 0. The van der Waals surface area contributed by atoms with E-state index in [2.05, 4.69) is 20.7 Å². The van der Waals surface area contributed by atoms with Gasteiger partial charge in [-0.2, -0.15) is 18.4 Å². The molecule has 0 bridgehead atoms. The van der Waals surface area contributed by atoms with Gasteiger partial charge in [0.05, 0.1) is 24.7 Å². The van der Waals surface area contributed by atoms with Crippen LogP contribution in [0.5, 0.6) is 0 Å². The first-order valence-corrected chi connectivity index (χ1v) is 12.5. The van der Waals surface area contributed by atoms with Crippen molar-refractivity contribution in [1.82, 2.24) is 25.6 Å². The van der Waals surface area contributed by atoms with Crippen molar-refractivity contribution in [2.75, 3.05) is 57.4 Å². The number of nitriles is 1. The number of hydrazine groups is 1. The Labute approximate surface area is 213 Å². The summed E-state index contributed by atoms with van der Waals surface area (Å²) in [5.41, 5.74) is 5.17. The minimum absolute atomic E-state index is 0.00523. The van der Waals surface area contributed by atoms with Gasteiger partial charge in [-0.05, 0) is 31.5 Å². The molecule has 4 rings (SSSR count). The number of alkyl halides is 3. The van der Waals surface area contributed by atoms with Gasteiger partial charge in [-0.25, -0.2) is 10.4 Å². The number of hydrogen-bond donors (Lipinski definition) is 2. The second-order valence-corrected chi connectivity index (χ2v) is 9.76. The maximum absolute atomic E-state index is 13.6. The SMILES string of the molecule is C[C@@H](COC[C@@H]1CCCN1C1CNNC(=O)C1C(F)(F)F)C(=O)N1CCN(c2ccc(C#N)cn2)CC1. The van der Waals surface area contributed by atoms with Crippen LogP contribution in [-0.2, 0) is 14.3 Å². The molecule has 3 saturated heterocycles. The molecule has 202 valence electrons. The van der Waals surface area contributed by atoms with Crippen LogP contribution >= 0.6 is 0 Å². The molecule has 2 N–H and O–H groups in total. The summed E-state index contributed by atoms with van der Waals surface area (Å²) < 4.78 is 46.6. The summed E-state index contributed by atoms with van der Waals surface area (Å²) in [5.74, 6) is -2.81. The molecule has 0 saturated carbocycles. The highest BCUT2D eigenvalue weighted by Crippen LogP contribution is 2.35. The quantitative estimate of drug-likeness (QED) is 0.542. The minimum Gasteiger partial charge on any atom is -0.379 e. The van der Waals surface area contributed by atoms with Gasteiger partial charge in [0.15, 0.2) is 5.92 Å². The standard InChI is InChI=1S/C24H32F3N7O3/c1-16(23(36)33-9-7-32(8-10-33)20-5-4-17(11-28)12-29-20)14-37-15-18-3-2-6-34(18)19-13-30-31-22(35)21(19)24(25,26)27/h4-5,12,16,18-19,21,30H,2-3,6-10,13-15H2,1H3,(H,31,35)/t16-,18-,19?,21?/m0/s1. The lowest BCUT2D eigenvalue weighted by Gasteiger charge is -2.41. The van der Waals surface area contributed by atoms with Gasteiger partial charge in [-0.1, -0.05) is 6.92 Å². The zero-order chi connectivity index (χ0) is 26.6. The molecular weight excluding hydrogens is 491 g/mol. The van der Waals surface area contributed by atoms with Crippen LogP contribution in [0.1, 0.15) is 25.3 Å². The predicted octanol–water partition coefficient (Wildman–Crippen LogP) is 0.900. The molecule has 10 nitrogen and oxygen atoms in total. The van der Waals surface area contributed by atoms with Crippen LogP contribution < -0.4 is 15.8 Å². The number of pyridine rings is 1. The van der Waals surface area contributed by atoms with E-state index in [1.807, 2.05) is 6.07 Å². The summed E-state index contributed by atoms with van der Waals surface area (Å²) in [4.78, 5) is 34.8. The number of piperazine rings is 1. The third-order valence-corrected chi connectivity index (χ3v) is 7.28. The molecule has 4 atom stereocenters. The van der Waals surface area contributed by atoms with Crippen molar-refractivity contribution in [3.05, 3.63) is 23.9 Å². The fourth-order valence-electron chi connectivity index (χ4n) is 5.32. The largest absolute Gasteiger partial charge is 0.402 e. The van der Waals surface area contributed by atoms with Crippen molar-refractivity contribution in [3.8, 4) is 6.07 Å². The summed E-state index contributed by atoms with van der Waals surface area (Å²) in [6.07, 6.45) is -1.70. The van der Waals surface area contributed by atoms with E-state index in [0.29, 0.717) is 44.7 Å². The van der Waals surface area contributed by atoms with E-state index in [-0.39, 0.29) is 37.6 Å². The van der Waals surface area contributed by atoms with Crippen molar-refractivity contribution in [1.29, 1.82) is 5.26 Å². The maximum atomic E-state index is 13.6. The highest BCUT2D eigenvalue weighted by atomic mass is 19.4. The van der Waals surface area contributed by atoms with E-state index < -0.39 is 24.0 Å². The summed E-state index contributed by atoms with van der Waals surface area (Å²) >= 11 is 0. The Balaban J connectivity index is 1.24. The Morgan fingerprint density at radius 1 is 1.27 bits per heavy atom. The number of anilines is 1. The number of aromatic nitrogens is 1. The van der Waals surface area contributed by atoms with Gasteiger partial charge in [-0.3, -0.25) is 19.9 Å². The molecule has 2 amide bonds. The van der Waals surface area contributed by atoms with Gasteiger partial charge in [0.2, 0.25) is 11.8 Å². The molecule has 0 aromatic carbocycles. The van der Waals surface area contributed by atoms with Crippen LogP contribution in [0, 0.1) is 23.2 Å². The highest BCUT2D eigenvalue weighted by molar-refractivity contribution is 5.80. The van der Waals surface area contributed by atoms with E-state index >= 15 is 0 Å². The smallest absolute Gasteiger partial charge is 0.379 e. The number of nitrogens with zero attached hydrogens (tertiary/aromatic N) is 5. The molecule has 4 heterocycles. The predicted molar refractivity (Wildman–Crippen MR) is 127 cm³/mol. The minimum atomic E-state index is -4.63.